The topological polar surface area (TPSA) is 52.0 Å². The summed E-state index contributed by atoms with van der Waals surface area (Å²) in [5.41, 5.74) is 11.0. The van der Waals surface area contributed by atoms with E-state index in [4.69, 9.17) is 11.5 Å². The van der Waals surface area contributed by atoms with E-state index in [1.165, 1.54) is 70.6 Å². The van der Waals surface area contributed by atoms with Crippen LogP contribution in [-0.2, 0) is 0 Å². The molecule has 18 heavy (non-hydrogen) atoms. The molecule has 0 saturated heterocycles. The summed E-state index contributed by atoms with van der Waals surface area (Å²) in [6.07, 6.45) is 16.5. The minimum absolute atomic E-state index is 0.734. The van der Waals surface area contributed by atoms with Crippen LogP contribution in [0, 0.1) is 5.92 Å². The Hall–Kier alpha value is -0.340. The van der Waals surface area contributed by atoms with Gasteiger partial charge in [0.2, 0.25) is 0 Å². The van der Waals surface area contributed by atoms with Gasteiger partial charge in [0.05, 0.1) is 0 Å². The summed E-state index contributed by atoms with van der Waals surface area (Å²) in [7, 11) is 0. The van der Waals surface area contributed by atoms with Crippen molar-refractivity contribution in [3.8, 4) is 0 Å². The van der Waals surface area contributed by atoms with Gasteiger partial charge >= 0.3 is 0 Å². The van der Waals surface area contributed by atoms with Crippen molar-refractivity contribution in [1.29, 1.82) is 0 Å². The third kappa shape index (κ3) is 12.1. The molecule has 0 radical (unpaired) electrons. The fraction of sp³-hybridized carbons (Fsp3) is 0.875. The average molecular weight is 254 g/mol. The molecule has 0 fully saturated rings. The van der Waals surface area contributed by atoms with E-state index in [0.29, 0.717) is 0 Å². The highest BCUT2D eigenvalue weighted by Gasteiger charge is 2.03. The van der Waals surface area contributed by atoms with Crippen molar-refractivity contribution in [2.24, 2.45) is 17.4 Å². The van der Waals surface area contributed by atoms with Crippen molar-refractivity contribution in [2.75, 3.05) is 13.1 Å². The van der Waals surface area contributed by atoms with E-state index in [2.05, 4.69) is 12.7 Å². The van der Waals surface area contributed by atoms with Crippen molar-refractivity contribution in [3.63, 3.8) is 0 Å². The second-order valence-corrected chi connectivity index (χ2v) is 5.33. The van der Waals surface area contributed by atoms with Crippen LogP contribution in [0.3, 0.4) is 0 Å². The first-order chi connectivity index (χ1) is 8.85. The Morgan fingerprint density at radius 2 is 1.06 bits per heavy atom. The lowest BCUT2D eigenvalue weighted by Gasteiger charge is -2.12. The van der Waals surface area contributed by atoms with E-state index in [1.807, 2.05) is 0 Å². The molecule has 0 saturated carbocycles. The number of unbranched alkanes of at least 4 members (excludes halogenated alkanes) is 7. The van der Waals surface area contributed by atoms with Crippen molar-refractivity contribution < 1.29 is 0 Å². The molecule has 2 heteroatoms. The zero-order valence-corrected chi connectivity index (χ0v) is 12.2. The highest BCUT2D eigenvalue weighted by atomic mass is 14.5. The zero-order valence-electron chi connectivity index (χ0n) is 12.2. The first kappa shape index (κ1) is 17.7. The van der Waals surface area contributed by atoms with Crippen LogP contribution in [0.15, 0.2) is 12.7 Å². The second-order valence-electron chi connectivity index (χ2n) is 5.33. The van der Waals surface area contributed by atoms with E-state index in [1.54, 1.807) is 0 Å². The molecular weight excluding hydrogens is 220 g/mol. The minimum Gasteiger partial charge on any atom is -0.330 e. The SMILES string of the molecule is C=CC(CCCCCCN)CCCCCCCN. The van der Waals surface area contributed by atoms with Gasteiger partial charge in [0.25, 0.3) is 0 Å². The second kappa shape index (κ2) is 14.7. The largest absolute Gasteiger partial charge is 0.330 e. The van der Waals surface area contributed by atoms with E-state index in [9.17, 15) is 0 Å². The zero-order chi connectivity index (χ0) is 13.5. The quantitative estimate of drug-likeness (QED) is 0.364. The van der Waals surface area contributed by atoms with Crippen LogP contribution < -0.4 is 11.5 Å². The van der Waals surface area contributed by atoms with Gasteiger partial charge in [-0.3, -0.25) is 0 Å². The van der Waals surface area contributed by atoms with Gasteiger partial charge in [0, 0.05) is 0 Å². The van der Waals surface area contributed by atoms with Gasteiger partial charge in [0.1, 0.15) is 0 Å². The van der Waals surface area contributed by atoms with Crippen LogP contribution in [0.2, 0.25) is 0 Å². The molecule has 108 valence electrons. The van der Waals surface area contributed by atoms with Gasteiger partial charge in [-0.05, 0) is 44.7 Å². The summed E-state index contributed by atoms with van der Waals surface area (Å²) in [5.74, 6) is 0.734. The maximum absolute atomic E-state index is 5.49. The van der Waals surface area contributed by atoms with Crippen LogP contribution in [0.1, 0.15) is 70.6 Å². The molecule has 0 aliphatic heterocycles. The minimum atomic E-state index is 0.734. The highest BCUT2D eigenvalue weighted by Crippen LogP contribution is 2.19. The molecule has 0 spiro atoms. The Kier molecular flexibility index (Phi) is 14.4. The smallest absolute Gasteiger partial charge is 0.00773 e. The molecule has 0 aromatic heterocycles. The number of hydrogen-bond acceptors (Lipinski definition) is 2. The molecule has 0 aromatic carbocycles. The Bertz CT molecular complexity index is 168. The summed E-state index contributed by atoms with van der Waals surface area (Å²) in [6, 6.07) is 0. The van der Waals surface area contributed by atoms with Crippen molar-refractivity contribution in [3.05, 3.63) is 12.7 Å². The lowest BCUT2D eigenvalue weighted by molar-refractivity contribution is 0.469. The Labute approximate surface area is 114 Å². The summed E-state index contributed by atoms with van der Waals surface area (Å²) in [4.78, 5) is 0. The predicted octanol–water partition coefficient (Wildman–Crippen LogP) is 4.00. The van der Waals surface area contributed by atoms with E-state index < -0.39 is 0 Å². The predicted molar refractivity (Wildman–Crippen MR) is 82.6 cm³/mol. The van der Waals surface area contributed by atoms with Crippen LogP contribution in [0.25, 0.3) is 0 Å². The first-order valence-electron chi connectivity index (χ1n) is 7.87. The van der Waals surface area contributed by atoms with Crippen LogP contribution in [0.5, 0.6) is 0 Å². The van der Waals surface area contributed by atoms with E-state index in [-0.39, 0.29) is 0 Å². The number of rotatable bonds is 14. The summed E-state index contributed by atoms with van der Waals surface area (Å²) >= 11 is 0. The fourth-order valence-electron chi connectivity index (χ4n) is 2.37. The van der Waals surface area contributed by atoms with Crippen LogP contribution in [-0.4, -0.2) is 13.1 Å². The molecule has 0 bridgehead atoms. The van der Waals surface area contributed by atoms with Gasteiger partial charge in [-0.15, -0.1) is 6.58 Å². The van der Waals surface area contributed by atoms with E-state index in [0.717, 1.165) is 19.0 Å². The van der Waals surface area contributed by atoms with Gasteiger partial charge in [-0.1, -0.05) is 51.0 Å². The monoisotopic (exact) mass is 254 g/mol. The van der Waals surface area contributed by atoms with Crippen LogP contribution in [0.4, 0.5) is 0 Å². The molecular formula is C16H34N2. The average Bonchev–Trinajstić information content (AvgIpc) is 2.40. The molecule has 0 rings (SSSR count). The third-order valence-corrected chi connectivity index (χ3v) is 3.64. The Morgan fingerprint density at radius 1 is 0.667 bits per heavy atom. The standard InChI is InChI=1S/C16H34N2/c1-2-16(13-9-5-7-11-15-18)12-8-4-3-6-10-14-17/h2,16H,1,3-15,17-18H2. The van der Waals surface area contributed by atoms with Gasteiger partial charge in [-0.2, -0.15) is 0 Å². The van der Waals surface area contributed by atoms with Crippen molar-refractivity contribution >= 4 is 0 Å². The van der Waals surface area contributed by atoms with Crippen molar-refractivity contribution in [1.82, 2.24) is 0 Å². The molecule has 0 aliphatic carbocycles. The molecule has 1 unspecified atom stereocenters. The molecule has 0 aliphatic rings. The maximum atomic E-state index is 5.49. The van der Waals surface area contributed by atoms with Crippen molar-refractivity contribution in [2.45, 2.75) is 70.6 Å². The number of allylic oxidation sites excluding steroid dienone is 1. The first-order valence-corrected chi connectivity index (χ1v) is 7.87. The van der Waals surface area contributed by atoms with Gasteiger partial charge < -0.3 is 11.5 Å². The fourth-order valence-corrected chi connectivity index (χ4v) is 2.37. The Balaban J connectivity index is 3.32. The summed E-state index contributed by atoms with van der Waals surface area (Å²) in [6.45, 7) is 5.65. The van der Waals surface area contributed by atoms with Gasteiger partial charge in [-0.25, -0.2) is 0 Å². The molecule has 0 amide bonds. The number of hydrogen-bond donors (Lipinski definition) is 2. The molecule has 4 N–H and O–H groups in total. The Morgan fingerprint density at radius 3 is 1.44 bits per heavy atom. The molecule has 1 atom stereocenters. The van der Waals surface area contributed by atoms with Crippen LogP contribution >= 0.6 is 0 Å². The number of nitrogens with two attached hydrogens (primary N) is 2. The lowest BCUT2D eigenvalue weighted by atomic mass is 9.94. The third-order valence-electron chi connectivity index (χ3n) is 3.64. The normalized spacial score (nSPS) is 12.6. The molecule has 0 heterocycles. The lowest BCUT2D eigenvalue weighted by Crippen LogP contribution is -2.00. The highest BCUT2D eigenvalue weighted by molar-refractivity contribution is 4.78. The van der Waals surface area contributed by atoms with E-state index >= 15 is 0 Å². The maximum Gasteiger partial charge on any atom is -0.00773 e. The van der Waals surface area contributed by atoms with Gasteiger partial charge in [0.15, 0.2) is 0 Å². The summed E-state index contributed by atoms with van der Waals surface area (Å²) < 4.78 is 0. The molecule has 2 nitrogen and oxygen atoms in total. The summed E-state index contributed by atoms with van der Waals surface area (Å²) in [5, 5.41) is 0. The molecule has 0 aromatic rings.